The van der Waals surface area contributed by atoms with Gasteiger partial charge in [0, 0.05) is 12.3 Å². The molecule has 1 saturated heterocycles. The first-order chi connectivity index (χ1) is 7.65. The lowest BCUT2D eigenvalue weighted by molar-refractivity contribution is -0.122. The Morgan fingerprint density at radius 3 is 2.94 bits per heavy atom. The number of piperidine rings is 1. The minimum absolute atomic E-state index is 0.278. The van der Waals surface area contributed by atoms with E-state index in [0.29, 0.717) is 31.2 Å². The topological polar surface area (TPSA) is 59.2 Å². The molecule has 1 aliphatic rings. The molecule has 0 aliphatic carbocycles. The Hall–Kier alpha value is -1.23. The standard InChI is InChI=1S/C11H17N3O2/c1-8(2)11-12-10(16-13-11)7-14-5-3-4-9(15)6-14/h8H,3-7H2,1-2H3. The third-order valence-electron chi connectivity index (χ3n) is 2.69. The molecule has 2 rings (SSSR count). The monoisotopic (exact) mass is 223 g/mol. The van der Waals surface area contributed by atoms with Crippen LogP contribution in [0.15, 0.2) is 4.52 Å². The number of hydrogen-bond donors (Lipinski definition) is 0. The van der Waals surface area contributed by atoms with E-state index in [9.17, 15) is 4.79 Å². The van der Waals surface area contributed by atoms with Gasteiger partial charge in [-0.05, 0) is 13.0 Å². The van der Waals surface area contributed by atoms with Crippen molar-refractivity contribution < 1.29 is 9.32 Å². The zero-order valence-electron chi connectivity index (χ0n) is 9.77. The normalized spacial score (nSPS) is 18.3. The van der Waals surface area contributed by atoms with Crippen LogP contribution >= 0.6 is 0 Å². The Balaban J connectivity index is 1.95. The van der Waals surface area contributed by atoms with Crippen LogP contribution in [0.1, 0.15) is 44.3 Å². The highest BCUT2D eigenvalue weighted by Crippen LogP contribution is 2.13. The van der Waals surface area contributed by atoms with Crippen LogP contribution in [0, 0.1) is 0 Å². The second-order valence-electron chi connectivity index (χ2n) is 4.55. The van der Waals surface area contributed by atoms with Gasteiger partial charge in [-0.3, -0.25) is 9.69 Å². The Morgan fingerprint density at radius 1 is 1.50 bits per heavy atom. The average Bonchev–Trinajstić information content (AvgIpc) is 2.66. The van der Waals surface area contributed by atoms with Gasteiger partial charge in [0.1, 0.15) is 5.78 Å². The summed E-state index contributed by atoms with van der Waals surface area (Å²) in [6.45, 7) is 6.09. The lowest BCUT2D eigenvalue weighted by Gasteiger charge is -2.23. The summed E-state index contributed by atoms with van der Waals surface area (Å²) in [5.41, 5.74) is 0. The van der Waals surface area contributed by atoms with Crippen LogP contribution in [0.3, 0.4) is 0 Å². The highest BCUT2D eigenvalue weighted by atomic mass is 16.5. The SMILES string of the molecule is CC(C)c1noc(CN2CCCC(=O)C2)n1. The van der Waals surface area contributed by atoms with E-state index in [1.54, 1.807) is 0 Å². The van der Waals surface area contributed by atoms with Crippen LogP contribution in [0.2, 0.25) is 0 Å². The molecule has 1 aromatic heterocycles. The van der Waals surface area contributed by atoms with Crippen LogP contribution in [0.25, 0.3) is 0 Å². The van der Waals surface area contributed by atoms with Gasteiger partial charge in [-0.1, -0.05) is 19.0 Å². The predicted molar refractivity (Wildman–Crippen MR) is 57.9 cm³/mol. The summed E-state index contributed by atoms with van der Waals surface area (Å²) in [5.74, 6) is 1.92. The van der Waals surface area contributed by atoms with Gasteiger partial charge in [0.15, 0.2) is 5.82 Å². The summed E-state index contributed by atoms with van der Waals surface area (Å²) in [7, 11) is 0. The first-order valence-electron chi connectivity index (χ1n) is 5.71. The molecule has 0 saturated carbocycles. The molecule has 0 aromatic carbocycles. The maximum Gasteiger partial charge on any atom is 0.240 e. The molecule has 1 aromatic rings. The first kappa shape index (κ1) is 11.3. The lowest BCUT2D eigenvalue weighted by Crippen LogP contribution is -2.35. The van der Waals surface area contributed by atoms with Crippen molar-refractivity contribution in [3.63, 3.8) is 0 Å². The molecule has 0 unspecified atom stereocenters. The van der Waals surface area contributed by atoms with Crippen LogP contribution < -0.4 is 0 Å². The van der Waals surface area contributed by atoms with Crippen LogP contribution in [0.4, 0.5) is 0 Å². The van der Waals surface area contributed by atoms with Crippen molar-refractivity contribution >= 4 is 5.78 Å². The number of aromatic nitrogens is 2. The summed E-state index contributed by atoms with van der Waals surface area (Å²) < 4.78 is 5.15. The maximum absolute atomic E-state index is 11.3. The predicted octanol–water partition coefficient (Wildman–Crippen LogP) is 1.36. The third kappa shape index (κ3) is 2.66. The van der Waals surface area contributed by atoms with Crippen molar-refractivity contribution in [3.05, 3.63) is 11.7 Å². The van der Waals surface area contributed by atoms with Gasteiger partial charge in [0.05, 0.1) is 13.1 Å². The number of hydrogen-bond acceptors (Lipinski definition) is 5. The second kappa shape index (κ2) is 4.74. The molecule has 0 amide bonds. The summed E-state index contributed by atoms with van der Waals surface area (Å²) in [6, 6.07) is 0. The molecule has 5 heteroatoms. The van der Waals surface area contributed by atoms with Crippen molar-refractivity contribution in [2.24, 2.45) is 0 Å². The van der Waals surface area contributed by atoms with E-state index in [4.69, 9.17) is 4.52 Å². The summed E-state index contributed by atoms with van der Waals surface area (Å²) in [5, 5.41) is 3.90. The highest BCUT2D eigenvalue weighted by molar-refractivity contribution is 5.81. The maximum atomic E-state index is 11.3. The molecule has 16 heavy (non-hydrogen) atoms. The molecule has 0 atom stereocenters. The number of Topliss-reactive ketones (excluding diaryl/α,β-unsaturated/α-hetero) is 1. The van der Waals surface area contributed by atoms with Crippen molar-refractivity contribution in [3.8, 4) is 0 Å². The van der Waals surface area contributed by atoms with Crippen molar-refractivity contribution in [1.29, 1.82) is 0 Å². The molecule has 0 spiro atoms. The number of rotatable bonds is 3. The van der Waals surface area contributed by atoms with Crippen LogP contribution in [-0.2, 0) is 11.3 Å². The number of likely N-dealkylation sites (tertiary alicyclic amines) is 1. The first-order valence-corrected chi connectivity index (χ1v) is 5.71. The van der Waals surface area contributed by atoms with Gasteiger partial charge in [0.2, 0.25) is 5.89 Å². The van der Waals surface area contributed by atoms with E-state index in [1.807, 2.05) is 13.8 Å². The Labute approximate surface area is 94.8 Å². The number of nitrogens with zero attached hydrogens (tertiary/aromatic N) is 3. The minimum atomic E-state index is 0.278. The summed E-state index contributed by atoms with van der Waals surface area (Å²) >= 11 is 0. The number of carbonyl (C=O) groups is 1. The lowest BCUT2D eigenvalue weighted by atomic mass is 10.1. The average molecular weight is 223 g/mol. The second-order valence-corrected chi connectivity index (χ2v) is 4.55. The fourth-order valence-electron chi connectivity index (χ4n) is 1.80. The van der Waals surface area contributed by atoms with Crippen LogP contribution in [0.5, 0.6) is 0 Å². The molecule has 2 heterocycles. The van der Waals surface area contributed by atoms with Crippen molar-refractivity contribution in [1.82, 2.24) is 15.0 Å². The molecule has 0 N–H and O–H groups in total. The smallest absolute Gasteiger partial charge is 0.240 e. The zero-order valence-corrected chi connectivity index (χ0v) is 9.77. The molecule has 1 aliphatic heterocycles. The van der Waals surface area contributed by atoms with E-state index in [2.05, 4.69) is 15.0 Å². The molecule has 0 radical (unpaired) electrons. The quantitative estimate of drug-likeness (QED) is 0.774. The van der Waals surface area contributed by atoms with Gasteiger partial charge in [0.25, 0.3) is 0 Å². The molecular weight excluding hydrogens is 206 g/mol. The fraction of sp³-hybridized carbons (Fsp3) is 0.727. The Morgan fingerprint density at radius 2 is 2.31 bits per heavy atom. The third-order valence-corrected chi connectivity index (χ3v) is 2.69. The van der Waals surface area contributed by atoms with Crippen LogP contribution in [-0.4, -0.2) is 33.9 Å². The van der Waals surface area contributed by atoms with E-state index in [-0.39, 0.29) is 5.92 Å². The summed E-state index contributed by atoms with van der Waals surface area (Å²) in [4.78, 5) is 17.6. The largest absolute Gasteiger partial charge is 0.338 e. The van der Waals surface area contributed by atoms with Gasteiger partial charge in [-0.2, -0.15) is 4.98 Å². The minimum Gasteiger partial charge on any atom is -0.338 e. The Kier molecular flexibility index (Phi) is 3.33. The molecule has 88 valence electrons. The van der Waals surface area contributed by atoms with Crippen molar-refractivity contribution in [2.75, 3.05) is 13.1 Å². The Bertz CT molecular complexity index is 373. The van der Waals surface area contributed by atoms with Gasteiger partial charge < -0.3 is 4.52 Å². The van der Waals surface area contributed by atoms with Gasteiger partial charge >= 0.3 is 0 Å². The molecule has 0 bridgehead atoms. The van der Waals surface area contributed by atoms with Crippen molar-refractivity contribution in [2.45, 2.75) is 39.2 Å². The van der Waals surface area contributed by atoms with E-state index < -0.39 is 0 Å². The fourth-order valence-corrected chi connectivity index (χ4v) is 1.80. The summed E-state index contributed by atoms with van der Waals surface area (Å²) in [6.07, 6.45) is 1.64. The number of carbonyl (C=O) groups excluding carboxylic acids is 1. The molecular formula is C11H17N3O2. The van der Waals surface area contributed by atoms with Gasteiger partial charge in [-0.25, -0.2) is 0 Å². The van der Waals surface area contributed by atoms with Gasteiger partial charge in [-0.15, -0.1) is 0 Å². The highest BCUT2D eigenvalue weighted by Gasteiger charge is 2.19. The van der Waals surface area contributed by atoms with E-state index in [1.165, 1.54) is 0 Å². The van der Waals surface area contributed by atoms with E-state index >= 15 is 0 Å². The zero-order chi connectivity index (χ0) is 11.5. The molecule has 1 fully saturated rings. The molecule has 5 nitrogen and oxygen atoms in total. The van der Waals surface area contributed by atoms with E-state index in [0.717, 1.165) is 18.8 Å². The number of ketones is 1.